The lowest BCUT2D eigenvalue weighted by atomic mass is 9.93. The lowest BCUT2D eigenvalue weighted by molar-refractivity contribution is -0.143. The van der Waals surface area contributed by atoms with Crippen molar-refractivity contribution in [3.8, 4) is 0 Å². The molecule has 1 atom stereocenters. The summed E-state index contributed by atoms with van der Waals surface area (Å²) < 4.78 is 4.70. The maximum Gasteiger partial charge on any atom is 0.339 e. The predicted octanol–water partition coefficient (Wildman–Crippen LogP) is 2.01. The second-order valence-corrected chi connectivity index (χ2v) is 5.24. The lowest BCUT2D eigenvalue weighted by Crippen LogP contribution is -2.50. The zero-order valence-electron chi connectivity index (χ0n) is 12.5. The molecule has 6 nitrogen and oxygen atoms in total. The topological polar surface area (TPSA) is 79.7 Å². The number of nitrogens with zero attached hydrogens (tertiary/aromatic N) is 2. The molecule has 0 aliphatic carbocycles. The van der Waals surface area contributed by atoms with Gasteiger partial charge in [-0.05, 0) is 38.3 Å². The Morgan fingerprint density at radius 1 is 1.48 bits per heavy atom. The first kappa shape index (κ1) is 15.3. The molecule has 1 N–H and O–H groups in total. The zero-order chi connectivity index (χ0) is 15.6. The largest absolute Gasteiger partial charge is 0.479 e. The number of aryl methyl sites for hydroxylation is 1. The number of carboxylic acid groups (broad SMARTS) is 1. The minimum absolute atomic E-state index is 0.401. The third kappa shape index (κ3) is 2.46. The van der Waals surface area contributed by atoms with E-state index in [1.54, 1.807) is 19.1 Å². The van der Waals surface area contributed by atoms with Crippen molar-refractivity contribution in [3.63, 3.8) is 0 Å². The van der Waals surface area contributed by atoms with E-state index >= 15 is 0 Å². The van der Waals surface area contributed by atoms with Crippen molar-refractivity contribution in [3.05, 3.63) is 23.4 Å². The molecule has 1 aromatic heterocycles. The van der Waals surface area contributed by atoms with E-state index in [-0.39, 0.29) is 0 Å². The third-order valence-corrected chi connectivity index (χ3v) is 4.22. The summed E-state index contributed by atoms with van der Waals surface area (Å²) in [6.07, 6.45) is 1.94. The van der Waals surface area contributed by atoms with Gasteiger partial charge in [-0.2, -0.15) is 0 Å². The molecule has 1 unspecified atom stereocenters. The summed E-state index contributed by atoms with van der Waals surface area (Å²) in [5, 5.41) is 9.60. The van der Waals surface area contributed by atoms with Crippen molar-refractivity contribution in [1.29, 1.82) is 0 Å². The molecule has 0 spiro atoms. The Bertz CT molecular complexity index is 573. The van der Waals surface area contributed by atoms with E-state index in [1.165, 1.54) is 7.11 Å². The number of carbonyl (C=O) groups excluding carboxylic acids is 1. The molecule has 1 saturated heterocycles. The van der Waals surface area contributed by atoms with Crippen molar-refractivity contribution in [2.75, 3.05) is 18.6 Å². The van der Waals surface area contributed by atoms with Gasteiger partial charge in [-0.3, -0.25) is 0 Å². The Balaban J connectivity index is 2.40. The SMILES string of the molecule is CCC1(C(=O)O)CCCN1c1ccc(C(=O)OC)c(C)n1. The molecule has 21 heavy (non-hydrogen) atoms. The van der Waals surface area contributed by atoms with Gasteiger partial charge >= 0.3 is 11.9 Å². The fourth-order valence-corrected chi connectivity index (χ4v) is 2.98. The van der Waals surface area contributed by atoms with Crippen LogP contribution in [0.2, 0.25) is 0 Å². The van der Waals surface area contributed by atoms with Crippen molar-refractivity contribution in [2.45, 2.75) is 38.6 Å². The van der Waals surface area contributed by atoms with Crippen molar-refractivity contribution in [1.82, 2.24) is 4.98 Å². The van der Waals surface area contributed by atoms with E-state index < -0.39 is 17.5 Å². The minimum atomic E-state index is -0.897. The second-order valence-electron chi connectivity index (χ2n) is 5.24. The molecular formula is C15H20N2O4. The average Bonchev–Trinajstić information content (AvgIpc) is 2.91. The first-order valence-corrected chi connectivity index (χ1v) is 7.03. The van der Waals surface area contributed by atoms with Gasteiger partial charge in [-0.25, -0.2) is 14.6 Å². The van der Waals surface area contributed by atoms with Crippen LogP contribution in [0.3, 0.4) is 0 Å². The number of carbonyl (C=O) groups is 2. The summed E-state index contributed by atoms with van der Waals surface area (Å²) in [6.45, 7) is 4.26. The van der Waals surface area contributed by atoms with Gasteiger partial charge in [-0.1, -0.05) is 6.92 Å². The number of esters is 1. The number of pyridine rings is 1. The van der Waals surface area contributed by atoms with Crippen molar-refractivity contribution < 1.29 is 19.4 Å². The highest BCUT2D eigenvalue weighted by atomic mass is 16.5. The highest BCUT2D eigenvalue weighted by Crippen LogP contribution is 2.36. The monoisotopic (exact) mass is 292 g/mol. The van der Waals surface area contributed by atoms with Gasteiger partial charge in [-0.15, -0.1) is 0 Å². The maximum absolute atomic E-state index is 11.7. The van der Waals surface area contributed by atoms with Gasteiger partial charge in [0.15, 0.2) is 0 Å². The third-order valence-electron chi connectivity index (χ3n) is 4.22. The normalized spacial score (nSPS) is 21.4. The molecule has 1 aliphatic rings. The van der Waals surface area contributed by atoms with Crippen LogP contribution in [0, 0.1) is 6.92 Å². The number of aliphatic carboxylic acids is 1. The van der Waals surface area contributed by atoms with Crippen LogP contribution in [0.4, 0.5) is 5.82 Å². The fourth-order valence-electron chi connectivity index (χ4n) is 2.98. The lowest BCUT2D eigenvalue weighted by Gasteiger charge is -2.35. The molecule has 1 fully saturated rings. The van der Waals surface area contributed by atoms with Gasteiger partial charge in [0.1, 0.15) is 11.4 Å². The van der Waals surface area contributed by atoms with Crippen LogP contribution in [0.1, 0.15) is 42.2 Å². The molecule has 2 rings (SSSR count). The van der Waals surface area contributed by atoms with E-state index in [9.17, 15) is 14.7 Å². The molecule has 2 heterocycles. The molecule has 0 saturated carbocycles. The number of carboxylic acids is 1. The van der Waals surface area contributed by atoms with Gasteiger partial charge in [0, 0.05) is 6.54 Å². The predicted molar refractivity (Wildman–Crippen MR) is 77.6 cm³/mol. The van der Waals surface area contributed by atoms with Crippen LogP contribution in [-0.2, 0) is 9.53 Å². The molecule has 0 bridgehead atoms. The average molecular weight is 292 g/mol. The summed E-state index contributed by atoms with van der Waals surface area (Å²) in [4.78, 5) is 29.5. The molecule has 114 valence electrons. The number of hydrogen-bond donors (Lipinski definition) is 1. The van der Waals surface area contributed by atoms with Crippen LogP contribution in [0.25, 0.3) is 0 Å². The summed E-state index contributed by atoms with van der Waals surface area (Å²) in [7, 11) is 1.32. The molecule has 1 aromatic rings. The van der Waals surface area contributed by atoms with Crippen molar-refractivity contribution >= 4 is 17.8 Å². The number of rotatable bonds is 4. The van der Waals surface area contributed by atoms with Gasteiger partial charge in [0.25, 0.3) is 0 Å². The second kappa shape index (κ2) is 5.71. The Kier molecular flexibility index (Phi) is 4.16. The molecule has 6 heteroatoms. The zero-order valence-corrected chi connectivity index (χ0v) is 12.5. The molecule has 0 radical (unpaired) electrons. The van der Waals surface area contributed by atoms with Crippen LogP contribution >= 0.6 is 0 Å². The smallest absolute Gasteiger partial charge is 0.339 e. The maximum atomic E-state index is 11.7. The van der Waals surface area contributed by atoms with E-state index in [4.69, 9.17) is 4.74 Å². The van der Waals surface area contributed by atoms with E-state index in [2.05, 4.69) is 4.98 Å². The Morgan fingerprint density at radius 2 is 2.19 bits per heavy atom. The number of aromatic nitrogens is 1. The first-order chi connectivity index (χ1) is 9.96. The summed E-state index contributed by atoms with van der Waals surface area (Å²) in [5.41, 5.74) is 0.0474. The standard InChI is InChI=1S/C15H20N2O4/c1-4-15(14(19)20)8-5-9-17(15)12-7-6-11(10(2)16-12)13(18)21-3/h6-7H,4-5,8-9H2,1-3H3,(H,19,20). The van der Waals surface area contributed by atoms with E-state index in [0.717, 1.165) is 6.42 Å². The van der Waals surface area contributed by atoms with Crippen LogP contribution in [0.15, 0.2) is 12.1 Å². The van der Waals surface area contributed by atoms with E-state index in [1.807, 2.05) is 11.8 Å². The van der Waals surface area contributed by atoms with Gasteiger partial charge in [0.2, 0.25) is 0 Å². The Hall–Kier alpha value is -2.11. The molecule has 1 aliphatic heterocycles. The number of methoxy groups -OCH3 is 1. The number of hydrogen-bond acceptors (Lipinski definition) is 5. The Morgan fingerprint density at radius 3 is 2.71 bits per heavy atom. The van der Waals surface area contributed by atoms with Crippen LogP contribution in [-0.4, -0.2) is 41.2 Å². The summed E-state index contributed by atoms with van der Waals surface area (Å²) in [6, 6.07) is 3.34. The van der Waals surface area contributed by atoms with Crippen molar-refractivity contribution in [2.24, 2.45) is 0 Å². The van der Waals surface area contributed by atoms with Crippen LogP contribution < -0.4 is 4.90 Å². The molecule has 0 aromatic carbocycles. The number of ether oxygens (including phenoxy) is 1. The number of anilines is 1. The molecular weight excluding hydrogens is 272 g/mol. The summed E-state index contributed by atoms with van der Waals surface area (Å²) >= 11 is 0. The minimum Gasteiger partial charge on any atom is -0.479 e. The highest BCUT2D eigenvalue weighted by Gasteiger charge is 2.46. The van der Waals surface area contributed by atoms with Gasteiger partial charge < -0.3 is 14.7 Å². The van der Waals surface area contributed by atoms with E-state index in [0.29, 0.717) is 36.5 Å². The first-order valence-electron chi connectivity index (χ1n) is 7.03. The highest BCUT2D eigenvalue weighted by molar-refractivity contribution is 5.91. The summed E-state index contributed by atoms with van der Waals surface area (Å²) in [5.74, 6) is -0.658. The molecule has 0 amide bonds. The quantitative estimate of drug-likeness (QED) is 0.855. The Labute approximate surface area is 123 Å². The van der Waals surface area contributed by atoms with Crippen LogP contribution in [0.5, 0.6) is 0 Å². The fraction of sp³-hybridized carbons (Fsp3) is 0.533. The van der Waals surface area contributed by atoms with Gasteiger partial charge in [0.05, 0.1) is 18.4 Å².